The highest BCUT2D eigenvalue weighted by atomic mass is 35.5. The second kappa shape index (κ2) is 7.76. The Morgan fingerprint density at radius 1 is 1.47 bits per heavy atom. The third-order valence-corrected chi connectivity index (χ3v) is 2.26. The van der Waals surface area contributed by atoms with Gasteiger partial charge in [-0.25, -0.2) is 9.97 Å². The van der Waals surface area contributed by atoms with Gasteiger partial charge in [0, 0.05) is 6.54 Å². The van der Waals surface area contributed by atoms with Crippen molar-refractivity contribution >= 4 is 23.7 Å². The molecule has 0 aliphatic rings. The summed E-state index contributed by atoms with van der Waals surface area (Å²) in [6.07, 6.45) is 4.54. The quantitative estimate of drug-likeness (QED) is 0.333. The SMILES string of the molecule is C=CCCOCCNc1ncnc(Cl)c1C=O. The highest BCUT2D eigenvalue weighted by molar-refractivity contribution is 6.32. The van der Waals surface area contributed by atoms with Crippen molar-refractivity contribution in [2.24, 2.45) is 0 Å². The first-order chi connectivity index (χ1) is 8.29. The average molecular weight is 256 g/mol. The van der Waals surface area contributed by atoms with Crippen LogP contribution in [-0.4, -0.2) is 36.0 Å². The van der Waals surface area contributed by atoms with Crippen LogP contribution in [0.3, 0.4) is 0 Å². The van der Waals surface area contributed by atoms with Gasteiger partial charge in [-0.3, -0.25) is 4.79 Å². The Kier molecular flexibility index (Phi) is 6.21. The van der Waals surface area contributed by atoms with Gasteiger partial charge in [-0.15, -0.1) is 6.58 Å². The first kappa shape index (κ1) is 13.6. The number of ether oxygens (including phenoxy) is 1. The summed E-state index contributed by atoms with van der Waals surface area (Å²) < 4.78 is 5.30. The number of anilines is 1. The van der Waals surface area contributed by atoms with Gasteiger partial charge in [-0.1, -0.05) is 17.7 Å². The topological polar surface area (TPSA) is 64.1 Å². The molecule has 0 saturated heterocycles. The summed E-state index contributed by atoms with van der Waals surface area (Å²) in [6, 6.07) is 0. The van der Waals surface area contributed by atoms with Gasteiger partial charge >= 0.3 is 0 Å². The Balaban J connectivity index is 2.38. The van der Waals surface area contributed by atoms with E-state index >= 15 is 0 Å². The number of carbonyl (C=O) groups is 1. The lowest BCUT2D eigenvalue weighted by atomic mass is 10.3. The highest BCUT2D eigenvalue weighted by Gasteiger charge is 2.07. The molecule has 1 N–H and O–H groups in total. The summed E-state index contributed by atoms with van der Waals surface area (Å²) in [4.78, 5) is 18.4. The Morgan fingerprint density at radius 3 is 3.00 bits per heavy atom. The van der Waals surface area contributed by atoms with Crippen molar-refractivity contribution in [2.75, 3.05) is 25.1 Å². The Hall–Kier alpha value is -1.46. The third kappa shape index (κ3) is 4.50. The lowest BCUT2D eigenvalue weighted by Gasteiger charge is -2.08. The van der Waals surface area contributed by atoms with Crippen molar-refractivity contribution in [1.29, 1.82) is 0 Å². The molecule has 5 nitrogen and oxygen atoms in total. The molecule has 6 heteroatoms. The molecule has 1 heterocycles. The van der Waals surface area contributed by atoms with Crippen LogP contribution in [0.5, 0.6) is 0 Å². The molecule has 0 spiro atoms. The fourth-order valence-corrected chi connectivity index (χ4v) is 1.31. The van der Waals surface area contributed by atoms with Gasteiger partial charge in [0.15, 0.2) is 6.29 Å². The van der Waals surface area contributed by atoms with Gasteiger partial charge in [0.1, 0.15) is 17.3 Å². The van der Waals surface area contributed by atoms with E-state index in [0.717, 1.165) is 6.42 Å². The molecular weight excluding hydrogens is 242 g/mol. The number of nitrogens with zero attached hydrogens (tertiary/aromatic N) is 2. The minimum absolute atomic E-state index is 0.144. The van der Waals surface area contributed by atoms with E-state index in [-0.39, 0.29) is 10.7 Å². The summed E-state index contributed by atoms with van der Waals surface area (Å²) >= 11 is 5.75. The summed E-state index contributed by atoms with van der Waals surface area (Å²) in [5, 5.41) is 3.11. The molecule has 0 radical (unpaired) electrons. The number of rotatable bonds is 8. The van der Waals surface area contributed by atoms with E-state index < -0.39 is 0 Å². The van der Waals surface area contributed by atoms with Crippen LogP contribution in [0.4, 0.5) is 5.82 Å². The molecular formula is C11H14ClN3O2. The maximum absolute atomic E-state index is 10.8. The van der Waals surface area contributed by atoms with E-state index in [0.29, 0.717) is 31.9 Å². The molecule has 0 saturated carbocycles. The molecule has 0 unspecified atom stereocenters. The standard InChI is InChI=1S/C11H14ClN3O2/c1-2-3-5-17-6-4-13-11-9(7-16)10(12)14-8-15-11/h2,7-8H,1,3-6H2,(H,13,14,15). The first-order valence-corrected chi connectivity index (χ1v) is 5.55. The summed E-state index contributed by atoms with van der Waals surface area (Å²) in [5.41, 5.74) is 0.264. The van der Waals surface area contributed by atoms with Gasteiger partial charge in [-0.2, -0.15) is 0 Å². The van der Waals surface area contributed by atoms with Crippen molar-refractivity contribution in [3.05, 3.63) is 29.7 Å². The largest absolute Gasteiger partial charge is 0.379 e. The maximum Gasteiger partial charge on any atom is 0.156 e. The molecule has 17 heavy (non-hydrogen) atoms. The van der Waals surface area contributed by atoms with Crippen molar-refractivity contribution < 1.29 is 9.53 Å². The zero-order valence-electron chi connectivity index (χ0n) is 9.36. The lowest BCUT2D eigenvalue weighted by molar-refractivity contribution is 0.112. The van der Waals surface area contributed by atoms with Gasteiger partial charge in [0.25, 0.3) is 0 Å². The number of halogens is 1. The number of carbonyl (C=O) groups excluding carboxylic acids is 1. The van der Waals surface area contributed by atoms with Crippen LogP contribution in [0.15, 0.2) is 19.0 Å². The molecule has 0 aromatic carbocycles. The Bertz CT molecular complexity index is 385. The monoisotopic (exact) mass is 255 g/mol. The zero-order chi connectivity index (χ0) is 12.5. The van der Waals surface area contributed by atoms with Gasteiger partial charge in [0.2, 0.25) is 0 Å². The summed E-state index contributed by atoms with van der Waals surface area (Å²) in [7, 11) is 0. The predicted octanol–water partition coefficient (Wildman–Crippen LogP) is 1.95. The highest BCUT2D eigenvalue weighted by Crippen LogP contribution is 2.16. The molecule has 0 fully saturated rings. The van der Waals surface area contributed by atoms with Crippen LogP contribution in [0, 0.1) is 0 Å². The zero-order valence-corrected chi connectivity index (χ0v) is 10.1. The maximum atomic E-state index is 10.8. The van der Waals surface area contributed by atoms with Crippen molar-refractivity contribution in [1.82, 2.24) is 9.97 Å². The predicted molar refractivity (Wildman–Crippen MR) is 66.6 cm³/mol. The van der Waals surface area contributed by atoms with E-state index in [1.807, 2.05) is 0 Å². The number of aromatic nitrogens is 2. The molecule has 92 valence electrons. The first-order valence-electron chi connectivity index (χ1n) is 5.17. The molecule has 0 bridgehead atoms. The Labute approximate surface area is 105 Å². The molecule has 0 amide bonds. The van der Waals surface area contributed by atoms with Gasteiger partial charge in [0.05, 0.1) is 18.8 Å². The van der Waals surface area contributed by atoms with E-state index in [9.17, 15) is 4.79 Å². The van der Waals surface area contributed by atoms with Crippen molar-refractivity contribution in [2.45, 2.75) is 6.42 Å². The normalized spacial score (nSPS) is 9.94. The van der Waals surface area contributed by atoms with Crippen LogP contribution in [0.2, 0.25) is 5.15 Å². The minimum atomic E-state index is 0.144. The van der Waals surface area contributed by atoms with Crippen LogP contribution in [0.1, 0.15) is 16.8 Å². The van der Waals surface area contributed by atoms with E-state index in [1.54, 1.807) is 6.08 Å². The van der Waals surface area contributed by atoms with E-state index in [2.05, 4.69) is 21.9 Å². The average Bonchev–Trinajstić information content (AvgIpc) is 2.34. The van der Waals surface area contributed by atoms with E-state index in [4.69, 9.17) is 16.3 Å². The minimum Gasteiger partial charge on any atom is -0.379 e. The van der Waals surface area contributed by atoms with Crippen LogP contribution in [-0.2, 0) is 4.74 Å². The fraction of sp³-hybridized carbons (Fsp3) is 0.364. The van der Waals surface area contributed by atoms with Gasteiger partial charge < -0.3 is 10.1 Å². The molecule has 0 aliphatic heterocycles. The number of hydrogen-bond acceptors (Lipinski definition) is 5. The number of hydrogen-bond donors (Lipinski definition) is 1. The summed E-state index contributed by atoms with van der Waals surface area (Å²) in [6.45, 7) is 5.30. The molecule has 0 atom stereocenters. The Morgan fingerprint density at radius 2 is 2.29 bits per heavy atom. The molecule has 0 aliphatic carbocycles. The molecule has 1 aromatic heterocycles. The fourth-order valence-electron chi connectivity index (χ4n) is 1.13. The smallest absolute Gasteiger partial charge is 0.156 e. The second-order valence-electron chi connectivity index (χ2n) is 3.16. The van der Waals surface area contributed by atoms with Crippen LogP contribution >= 0.6 is 11.6 Å². The number of nitrogens with one attached hydrogen (secondary N) is 1. The van der Waals surface area contributed by atoms with Crippen LogP contribution < -0.4 is 5.32 Å². The molecule has 1 aromatic rings. The third-order valence-electron chi connectivity index (χ3n) is 1.96. The number of aldehydes is 1. The van der Waals surface area contributed by atoms with Crippen molar-refractivity contribution in [3.8, 4) is 0 Å². The second-order valence-corrected chi connectivity index (χ2v) is 3.52. The lowest BCUT2D eigenvalue weighted by Crippen LogP contribution is -2.12. The summed E-state index contributed by atoms with van der Waals surface area (Å²) in [5.74, 6) is 0.423. The van der Waals surface area contributed by atoms with E-state index in [1.165, 1.54) is 6.33 Å². The van der Waals surface area contributed by atoms with Crippen LogP contribution in [0.25, 0.3) is 0 Å². The van der Waals surface area contributed by atoms with Gasteiger partial charge in [-0.05, 0) is 6.42 Å². The van der Waals surface area contributed by atoms with Crippen molar-refractivity contribution in [3.63, 3.8) is 0 Å². The molecule has 1 rings (SSSR count).